The van der Waals surface area contributed by atoms with Crippen LogP contribution in [0.3, 0.4) is 0 Å². The second-order valence-electron chi connectivity index (χ2n) is 6.77. The van der Waals surface area contributed by atoms with Gasteiger partial charge in [0, 0.05) is 6.20 Å². The highest BCUT2D eigenvalue weighted by molar-refractivity contribution is 5.18. The van der Waals surface area contributed by atoms with Crippen LogP contribution in [0.5, 0.6) is 0 Å². The molecule has 1 aromatic heterocycles. The molecule has 0 bridgehead atoms. The van der Waals surface area contributed by atoms with Gasteiger partial charge in [-0.15, -0.1) is 0 Å². The number of hydrogen-bond acceptors (Lipinski definition) is 2. The number of hydrogen-bond donors (Lipinski definition) is 1. The zero-order valence-corrected chi connectivity index (χ0v) is 12.9. The van der Waals surface area contributed by atoms with Crippen molar-refractivity contribution >= 4 is 0 Å². The van der Waals surface area contributed by atoms with Crippen LogP contribution in [0.1, 0.15) is 51.5 Å². The molecule has 3 unspecified atom stereocenters. The second kappa shape index (κ2) is 7.16. The molecule has 1 fully saturated rings. The average molecular weight is 278 g/mol. The monoisotopic (exact) mass is 278 g/mol. The standard InChI is InChI=1S/C17H27FN2/c1-12(2)8-19-9-14-5-4-13(3)6-17(14)15-7-16(18)11-20-10-15/h7,10-14,17,19H,4-6,8-9H2,1-3H3. The summed E-state index contributed by atoms with van der Waals surface area (Å²) >= 11 is 0. The number of rotatable bonds is 5. The van der Waals surface area contributed by atoms with E-state index in [-0.39, 0.29) is 5.82 Å². The summed E-state index contributed by atoms with van der Waals surface area (Å²) in [4.78, 5) is 4.03. The van der Waals surface area contributed by atoms with E-state index in [0.717, 1.165) is 31.0 Å². The van der Waals surface area contributed by atoms with E-state index in [1.54, 1.807) is 6.07 Å². The van der Waals surface area contributed by atoms with Crippen molar-refractivity contribution in [2.45, 2.75) is 46.0 Å². The molecule has 2 rings (SSSR count). The highest BCUT2D eigenvalue weighted by atomic mass is 19.1. The Morgan fingerprint density at radius 3 is 2.85 bits per heavy atom. The van der Waals surface area contributed by atoms with Gasteiger partial charge in [0.25, 0.3) is 0 Å². The number of nitrogens with one attached hydrogen (secondary N) is 1. The number of pyridine rings is 1. The maximum Gasteiger partial charge on any atom is 0.141 e. The molecule has 1 saturated carbocycles. The Morgan fingerprint density at radius 2 is 2.15 bits per heavy atom. The first-order valence-corrected chi connectivity index (χ1v) is 7.87. The summed E-state index contributed by atoms with van der Waals surface area (Å²) in [6.45, 7) is 8.84. The van der Waals surface area contributed by atoms with Gasteiger partial charge in [-0.05, 0) is 61.2 Å². The van der Waals surface area contributed by atoms with Gasteiger partial charge in [-0.1, -0.05) is 27.2 Å². The van der Waals surface area contributed by atoms with Crippen LogP contribution in [-0.2, 0) is 0 Å². The van der Waals surface area contributed by atoms with E-state index in [1.807, 2.05) is 6.20 Å². The summed E-state index contributed by atoms with van der Waals surface area (Å²) in [6, 6.07) is 1.67. The second-order valence-corrected chi connectivity index (χ2v) is 6.77. The molecule has 0 aromatic carbocycles. The van der Waals surface area contributed by atoms with Crippen molar-refractivity contribution in [1.29, 1.82) is 0 Å². The van der Waals surface area contributed by atoms with Gasteiger partial charge in [0.2, 0.25) is 0 Å². The lowest BCUT2D eigenvalue weighted by atomic mass is 9.72. The van der Waals surface area contributed by atoms with Crippen LogP contribution in [0.4, 0.5) is 4.39 Å². The van der Waals surface area contributed by atoms with Crippen LogP contribution in [-0.4, -0.2) is 18.1 Å². The van der Waals surface area contributed by atoms with Gasteiger partial charge in [0.05, 0.1) is 6.20 Å². The molecule has 1 aliphatic carbocycles. The minimum absolute atomic E-state index is 0.213. The summed E-state index contributed by atoms with van der Waals surface area (Å²) in [6.07, 6.45) is 6.81. The van der Waals surface area contributed by atoms with Crippen molar-refractivity contribution in [3.63, 3.8) is 0 Å². The number of aromatic nitrogens is 1. The zero-order valence-electron chi connectivity index (χ0n) is 12.9. The van der Waals surface area contributed by atoms with E-state index in [2.05, 4.69) is 31.1 Å². The van der Waals surface area contributed by atoms with E-state index >= 15 is 0 Å². The minimum atomic E-state index is -0.213. The molecule has 1 N–H and O–H groups in total. The molecule has 1 aromatic rings. The zero-order chi connectivity index (χ0) is 14.5. The maximum absolute atomic E-state index is 13.4. The van der Waals surface area contributed by atoms with E-state index in [4.69, 9.17) is 0 Å². The molecule has 0 amide bonds. The average Bonchev–Trinajstić information content (AvgIpc) is 2.40. The number of nitrogens with zero attached hydrogens (tertiary/aromatic N) is 1. The molecule has 3 atom stereocenters. The Bertz CT molecular complexity index is 419. The molecule has 0 radical (unpaired) electrons. The van der Waals surface area contributed by atoms with Crippen molar-refractivity contribution < 1.29 is 4.39 Å². The van der Waals surface area contributed by atoms with Crippen molar-refractivity contribution in [3.05, 3.63) is 29.8 Å². The van der Waals surface area contributed by atoms with Crippen LogP contribution in [0.25, 0.3) is 0 Å². The lowest BCUT2D eigenvalue weighted by Gasteiger charge is -2.35. The first-order valence-electron chi connectivity index (χ1n) is 7.87. The predicted molar refractivity (Wildman–Crippen MR) is 81.1 cm³/mol. The third-order valence-electron chi connectivity index (χ3n) is 4.37. The molecule has 1 aliphatic rings. The molecule has 0 spiro atoms. The minimum Gasteiger partial charge on any atom is -0.316 e. The third-order valence-corrected chi connectivity index (χ3v) is 4.37. The fourth-order valence-electron chi connectivity index (χ4n) is 3.28. The van der Waals surface area contributed by atoms with Gasteiger partial charge in [-0.25, -0.2) is 4.39 Å². The Balaban J connectivity index is 2.04. The quantitative estimate of drug-likeness (QED) is 0.881. The van der Waals surface area contributed by atoms with Gasteiger partial charge in [0.1, 0.15) is 5.82 Å². The van der Waals surface area contributed by atoms with Gasteiger partial charge < -0.3 is 5.32 Å². The van der Waals surface area contributed by atoms with Crippen LogP contribution in [0.15, 0.2) is 18.5 Å². The van der Waals surface area contributed by atoms with E-state index < -0.39 is 0 Å². The Labute approximate surface area is 122 Å². The summed E-state index contributed by atoms with van der Waals surface area (Å²) < 4.78 is 13.4. The van der Waals surface area contributed by atoms with Crippen molar-refractivity contribution in [1.82, 2.24) is 10.3 Å². The van der Waals surface area contributed by atoms with Gasteiger partial charge >= 0.3 is 0 Å². The van der Waals surface area contributed by atoms with Crippen molar-refractivity contribution in [2.75, 3.05) is 13.1 Å². The Hall–Kier alpha value is -0.960. The molecule has 3 heteroatoms. The summed E-state index contributed by atoms with van der Waals surface area (Å²) in [5.74, 6) is 2.24. The molecule has 0 saturated heterocycles. The van der Waals surface area contributed by atoms with Crippen LogP contribution in [0, 0.1) is 23.6 Å². The van der Waals surface area contributed by atoms with E-state index in [9.17, 15) is 4.39 Å². The smallest absolute Gasteiger partial charge is 0.141 e. The lowest BCUT2D eigenvalue weighted by molar-refractivity contribution is 0.239. The first kappa shape index (κ1) is 15.4. The Morgan fingerprint density at radius 1 is 1.35 bits per heavy atom. The fraction of sp³-hybridized carbons (Fsp3) is 0.706. The summed E-state index contributed by atoms with van der Waals surface area (Å²) in [5, 5.41) is 3.57. The van der Waals surface area contributed by atoms with Crippen LogP contribution in [0.2, 0.25) is 0 Å². The van der Waals surface area contributed by atoms with Crippen LogP contribution >= 0.6 is 0 Å². The molecule has 20 heavy (non-hydrogen) atoms. The largest absolute Gasteiger partial charge is 0.316 e. The Kier molecular flexibility index (Phi) is 5.53. The van der Waals surface area contributed by atoms with Crippen molar-refractivity contribution in [3.8, 4) is 0 Å². The maximum atomic E-state index is 13.4. The molecular formula is C17H27FN2. The van der Waals surface area contributed by atoms with Gasteiger partial charge in [-0.2, -0.15) is 0 Å². The van der Waals surface area contributed by atoms with Gasteiger partial charge in [-0.3, -0.25) is 4.98 Å². The summed E-state index contributed by atoms with van der Waals surface area (Å²) in [7, 11) is 0. The molecule has 112 valence electrons. The van der Waals surface area contributed by atoms with E-state index in [0.29, 0.717) is 17.8 Å². The normalized spacial score (nSPS) is 26.9. The highest BCUT2D eigenvalue weighted by Gasteiger charge is 2.29. The topological polar surface area (TPSA) is 24.9 Å². The number of halogens is 1. The van der Waals surface area contributed by atoms with Crippen molar-refractivity contribution in [2.24, 2.45) is 17.8 Å². The molecular weight excluding hydrogens is 251 g/mol. The SMILES string of the molecule is CC(C)CNCC1CCC(C)CC1c1cncc(F)c1. The fourth-order valence-corrected chi connectivity index (χ4v) is 3.28. The molecule has 2 nitrogen and oxygen atoms in total. The summed E-state index contributed by atoms with van der Waals surface area (Å²) in [5.41, 5.74) is 1.08. The lowest BCUT2D eigenvalue weighted by Crippen LogP contribution is -2.33. The molecule has 0 aliphatic heterocycles. The van der Waals surface area contributed by atoms with E-state index in [1.165, 1.54) is 19.0 Å². The third kappa shape index (κ3) is 4.27. The predicted octanol–water partition coefficient (Wildman–Crippen LogP) is 3.99. The molecule has 1 heterocycles. The highest BCUT2D eigenvalue weighted by Crippen LogP contribution is 2.40. The first-order chi connectivity index (χ1) is 9.56. The van der Waals surface area contributed by atoms with Gasteiger partial charge in [0.15, 0.2) is 0 Å². The van der Waals surface area contributed by atoms with Crippen LogP contribution < -0.4 is 5.32 Å².